The molecule has 0 bridgehead atoms. The molecule has 0 aromatic heterocycles. The molecule has 0 saturated carbocycles. The van der Waals surface area contributed by atoms with Crippen molar-refractivity contribution in [2.75, 3.05) is 6.54 Å². The van der Waals surface area contributed by atoms with Crippen LogP contribution in [-0.4, -0.2) is 17.8 Å². The maximum Gasteiger partial charge on any atom is 0.128 e. The molecule has 0 aliphatic carbocycles. The average Bonchev–Trinajstić information content (AvgIpc) is 2.52. The number of aliphatic hydroxyl groups is 1. The summed E-state index contributed by atoms with van der Waals surface area (Å²) < 4.78 is 13.3. The Balaban J connectivity index is 2.29. The first-order valence-corrected chi connectivity index (χ1v) is 4.45. The van der Waals surface area contributed by atoms with Gasteiger partial charge in [0.05, 0.1) is 12.1 Å². The molecule has 1 aromatic rings. The lowest BCUT2D eigenvalue weighted by atomic mass is 10.0. The second kappa shape index (κ2) is 3.44. The molecule has 2 atom stereocenters. The molecule has 0 radical (unpaired) electrons. The SMILES string of the molecule is O[C@@H]1CCN[C@H]1c1ccccc1F. The van der Waals surface area contributed by atoms with E-state index in [4.69, 9.17) is 0 Å². The van der Waals surface area contributed by atoms with Gasteiger partial charge in [-0.15, -0.1) is 0 Å². The highest BCUT2D eigenvalue weighted by molar-refractivity contribution is 5.23. The summed E-state index contributed by atoms with van der Waals surface area (Å²) in [6.07, 6.45) is 0.232. The topological polar surface area (TPSA) is 32.3 Å². The highest BCUT2D eigenvalue weighted by Crippen LogP contribution is 2.25. The second-order valence-corrected chi connectivity index (χ2v) is 3.31. The lowest BCUT2D eigenvalue weighted by molar-refractivity contribution is 0.158. The molecule has 2 rings (SSSR count). The summed E-state index contributed by atoms with van der Waals surface area (Å²) in [7, 11) is 0. The van der Waals surface area contributed by atoms with E-state index in [2.05, 4.69) is 5.32 Å². The minimum atomic E-state index is -0.461. The van der Waals surface area contributed by atoms with Crippen LogP contribution in [0.5, 0.6) is 0 Å². The Morgan fingerprint density at radius 1 is 1.38 bits per heavy atom. The van der Waals surface area contributed by atoms with Gasteiger partial charge in [0.15, 0.2) is 0 Å². The number of hydrogen-bond donors (Lipinski definition) is 2. The van der Waals surface area contributed by atoms with Crippen molar-refractivity contribution in [2.45, 2.75) is 18.6 Å². The Morgan fingerprint density at radius 3 is 2.77 bits per heavy atom. The standard InChI is InChI=1S/C10H12FNO/c11-8-4-2-1-3-7(8)10-9(13)5-6-12-10/h1-4,9-10,12-13H,5-6H2/t9-,10+/m1/s1. The predicted molar refractivity (Wildman–Crippen MR) is 47.8 cm³/mol. The van der Waals surface area contributed by atoms with Crippen molar-refractivity contribution >= 4 is 0 Å². The summed E-state index contributed by atoms with van der Waals surface area (Å²) in [5.74, 6) is -0.249. The monoisotopic (exact) mass is 181 g/mol. The average molecular weight is 181 g/mol. The van der Waals surface area contributed by atoms with Gasteiger partial charge >= 0.3 is 0 Å². The van der Waals surface area contributed by atoms with Crippen LogP contribution in [0.3, 0.4) is 0 Å². The van der Waals surface area contributed by atoms with E-state index in [0.717, 1.165) is 6.54 Å². The third-order valence-electron chi connectivity index (χ3n) is 2.43. The van der Waals surface area contributed by atoms with Gasteiger partial charge in [-0.25, -0.2) is 4.39 Å². The largest absolute Gasteiger partial charge is 0.391 e. The van der Waals surface area contributed by atoms with Crippen molar-refractivity contribution in [1.29, 1.82) is 0 Å². The molecule has 3 heteroatoms. The molecule has 2 N–H and O–H groups in total. The molecule has 0 spiro atoms. The van der Waals surface area contributed by atoms with Gasteiger partial charge < -0.3 is 10.4 Å². The van der Waals surface area contributed by atoms with Crippen LogP contribution in [-0.2, 0) is 0 Å². The maximum absolute atomic E-state index is 13.3. The second-order valence-electron chi connectivity index (χ2n) is 3.31. The van der Waals surface area contributed by atoms with Gasteiger partial charge in [0.2, 0.25) is 0 Å². The molecule has 2 nitrogen and oxygen atoms in total. The van der Waals surface area contributed by atoms with Crippen LogP contribution < -0.4 is 5.32 Å². The lowest BCUT2D eigenvalue weighted by Gasteiger charge is -2.15. The quantitative estimate of drug-likeness (QED) is 0.682. The van der Waals surface area contributed by atoms with E-state index in [1.54, 1.807) is 18.2 Å². The summed E-state index contributed by atoms with van der Waals surface area (Å²) in [5.41, 5.74) is 0.563. The summed E-state index contributed by atoms with van der Waals surface area (Å²) in [6.45, 7) is 0.750. The smallest absolute Gasteiger partial charge is 0.128 e. The van der Waals surface area contributed by atoms with Gasteiger partial charge in [-0.05, 0) is 19.0 Å². The van der Waals surface area contributed by atoms with Gasteiger partial charge in [0, 0.05) is 5.56 Å². The highest BCUT2D eigenvalue weighted by atomic mass is 19.1. The van der Waals surface area contributed by atoms with Gasteiger partial charge in [0.25, 0.3) is 0 Å². The van der Waals surface area contributed by atoms with Crippen LogP contribution >= 0.6 is 0 Å². The number of aliphatic hydroxyl groups excluding tert-OH is 1. The van der Waals surface area contributed by atoms with E-state index < -0.39 is 6.10 Å². The van der Waals surface area contributed by atoms with Gasteiger partial charge in [-0.1, -0.05) is 18.2 Å². The van der Waals surface area contributed by atoms with Crippen molar-refractivity contribution in [2.24, 2.45) is 0 Å². The van der Waals surface area contributed by atoms with E-state index in [1.807, 2.05) is 0 Å². The molecule has 1 aliphatic heterocycles. The van der Waals surface area contributed by atoms with E-state index >= 15 is 0 Å². The van der Waals surface area contributed by atoms with Gasteiger partial charge in [0.1, 0.15) is 5.82 Å². The lowest BCUT2D eigenvalue weighted by Crippen LogP contribution is -2.21. The number of rotatable bonds is 1. The zero-order chi connectivity index (χ0) is 9.26. The first kappa shape index (κ1) is 8.66. The van der Waals surface area contributed by atoms with Gasteiger partial charge in [-0.2, -0.15) is 0 Å². The zero-order valence-corrected chi connectivity index (χ0v) is 7.20. The first-order chi connectivity index (χ1) is 6.29. The molecule has 1 heterocycles. The van der Waals surface area contributed by atoms with E-state index in [1.165, 1.54) is 6.07 Å². The number of benzene rings is 1. The number of nitrogens with one attached hydrogen (secondary N) is 1. The van der Waals surface area contributed by atoms with Crippen molar-refractivity contribution in [3.05, 3.63) is 35.6 Å². The predicted octanol–water partition coefficient (Wildman–Crippen LogP) is 1.22. The summed E-state index contributed by atoms with van der Waals surface area (Å²) in [5, 5.41) is 12.6. The fourth-order valence-corrected chi connectivity index (χ4v) is 1.73. The van der Waals surface area contributed by atoms with Crippen molar-refractivity contribution < 1.29 is 9.50 Å². The van der Waals surface area contributed by atoms with Gasteiger partial charge in [-0.3, -0.25) is 0 Å². The molecule has 1 fully saturated rings. The fraction of sp³-hybridized carbons (Fsp3) is 0.400. The third-order valence-corrected chi connectivity index (χ3v) is 2.43. The van der Waals surface area contributed by atoms with Crippen molar-refractivity contribution in [3.63, 3.8) is 0 Å². The minimum absolute atomic E-state index is 0.235. The van der Waals surface area contributed by atoms with Crippen LogP contribution in [0.1, 0.15) is 18.0 Å². The Bertz CT molecular complexity index is 303. The first-order valence-electron chi connectivity index (χ1n) is 4.45. The van der Waals surface area contributed by atoms with Crippen molar-refractivity contribution in [3.8, 4) is 0 Å². The molecular formula is C10H12FNO. The third kappa shape index (κ3) is 1.57. The molecule has 1 aliphatic rings. The molecule has 1 saturated heterocycles. The Morgan fingerprint density at radius 2 is 2.15 bits per heavy atom. The number of hydrogen-bond acceptors (Lipinski definition) is 2. The summed E-state index contributed by atoms with van der Waals surface area (Å²) in [6, 6.07) is 6.33. The van der Waals surface area contributed by atoms with Crippen LogP contribution in [0.4, 0.5) is 4.39 Å². The number of halogens is 1. The summed E-state index contributed by atoms with van der Waals surface area (Å²) in [4.78, 5) is 0. The van der Waals surface area contributed by atoms with Crippen LogP contribution in [0.2, 0.25) is 0 Å². The minimum Gasteiger partial charge on any atom is -0.391 e. The Hall–Kier alpha value is -0.930. The van der Waals surface area contributed by atoms with Crippen LogP contribution in [0.25, 0.3) is 0 Å². The maximum atomic E-state index is 13.3. The normalized spacial score (nSPS) is 27.8. The van der Waals surface area contributed by atoms with Crippen molar-refractivity contribution in [1.82, 2.24) is 5.32 Å². The molecule has 13 heavy (non-hydrogen) atoms. The Kier molecular flexibility index (Phi) is 2.29. The molecule has 0 unspecified atom stereocenters. The van der Waals surface area contributed by atoms with Crippen LogP contribution in [0.15, 0.2) is 24.3 Å². The molecular weight excluding hydrogens is 169 g/mol. The van der Waals surface area contributed by atoms with E-state index in [0.29, 0.717) is 12.0 Å². The molecule has 70 valence electrons. The fourth-order valence-electron chi connectivity index (χ4n) is 1.73. The molecule has 0 amide bonds. The van der Waals surface area contributed by atoms with E-state index in [-0.39, 0.29) is 11.9 Å². The van der Waals surface area contributed by atoms with Crippen LogP contribution in [0, 0.1) is 5.82 Å². The molecule has 1 aromatic carbocycles. The highest BCUT2D eigenvalue weighted by Gasteiger charge is 2.27. The zero-order valence-electron chi connectivity index (χ0n) is 7.20. The van der Waals surface area contributed by atoms with E-state index in [9.17, 15) is 9.50 Å². The Labute approximate surface area is 76.4 Å². The summed E-state index contributed by atoms with van der Waals surface area (Å²) >= 11 is 0.